The van der Waals surface area contributed by atoms with Crippen LogP contribution >= 0.6 is 0 Å². The molecule has 86 valence electrons. The Balaban J connectivity index is 2.68. The molecule has 1 rings (SSSR count). The molecule has 5 heteroatoms. The molecule has 0 heterocycles. The van der Waals surface area contributed by atoms with Gasteiger partial charge in [-0.1, -0.05) is 13.8 Å². The third kappa shape index (κ3) is 3.47. The molecule has 0 saturated heterocycles. The lowest BCUT2D eigenvalue weighted by Crippen LogP contribution is -2.47. The summed E-state index contributed by atoms with van der Waals surface area (Å²) >= 11 is 0. The second kappa shape index (κ2) is 4.50. The quantitative estimate of drug-likeness (QED) is 0.749. The maximum atomic E-state index is 11.7. The van der Waals surface area contributed by atoms with Crippen molar-refractivity contribution in [2.24, 2.45) is 5.92 Å². The first-order valence-electron chi connectivity index (χ1n) is 5.40. The molecule has 0 unspecified atom stereocenters. The van der Waals surface area contributed by atoms with Crippen molar-refractivity contribution in [3.63, 3.8) is 0 Å². The molecule has 0 bridgehead atoms. The zero-order chi connectivity index (χ0) is 11.5. The highest BCUT2D eigenvalue weighted by atomic mass is 32.2. The minimum atomic E-state index is -3.28. The van der Waals surface area contributed by atoms with Crippen molar-refractivity contribution in [2.45, 2.75) is 45.1 Å². The topological polar surface area (TPSA) is 70.0 Å². The number of hydrogen-bond acceptors (Lipinski definition) is 3. The maximum absolute atomic E-state index is 11.7. The van der Waals surface area contributed by atoms with Crippen molar-refractivity contribution in [3.05, 3.63) is 0 Å². The second-order valence-corrected chi connectivity index (χ2v) is 5.99. The molecule has 4 nitrogen and oxygen atoms in total. The predicted octanol–water partition coefficient (Wildman–Crippen LogP) is 1.40. The highest BCUT2D eigenvalue weighted by Gasteiger charge is 2.34. The lowest BCUT2D eigenvalue weighted by Gasteiger charge is -2.24. The summed E-state index contributed by atoms with van der Waals surface area (Å²) in [7, 11) is -3.28. The molecule has 0 aromatic carbocycles. The van der Waals surface area contributed by atoms with Crippen molar-refractivity contribution in [1.82, 2.24) is 4.72 Å². The van der Waals surface area contributed by atoms with Crippen molar-refractivity contribution >= 4 is 10.0 Å². The van der Waals surface area contributed by atoms with E-state index in [2.05, 4.69) is 10.8 Å². The van der Waals surface area contributed by atoms with Crippen molar-refractivity contribution in [3.8, 4) is 6.07 Å². The Morgan fingerprint density at radius 3 is 2.27 bits per heavy atom. The monoisotopic (exact) mass is 230 g/mol. The molecule has 0 radical (unpaired) electrons. The van der Waals surface area contributed by atoms with Gasteiger partial charge in [0.15, 0.2) is 0 Å². The normalized spacial score (nSPS) is 17.4. The van der Waals surface area contributed by atoms with E-state index in [4.69, 9.17) is 5.26 Å². The van der Waals surface area contributed by atoms with Crippen LogP contribution in [0.3, 0.4) is 0 Å². The minimum Gasteiger partial charge on any atom is -0.212 e. The van der Waals surface area contributed by atoms with Crippen LogP contribution in [0.4, 0.5) is 0 Å². The molecule has 0 atom stereocenters. The largest absolute Gasteiger partial charge is 0.213 e. The lowest BCUT2D eigenvalue weighted by atomic mass is 9.97. The van der Waals surface area contributed by atoms with Crippen LogP contribution in [-0.4, -0.2) is 19.7 Å². The van der Waals surface area contributed by atoms with Crippen LogP contribution in [0, 0.1) is 17.2 Å². The Bertz CT molecular complexity index is 348. The zero-order valence-electron chi connectivity index (χ0n) is 9.28. The van der Waals surface area contributed by atoms with Gasteiger partial charge in [-0.25, -0.2) is 8.42 Å². The number of nitriles is 1. The number of nitrogens with zero attached hydrogens (tertiary/aromatic N) is 1. The molecule has 1 aliphatic carbocycles. The molecule has 1 saturated carbocycles. The van der Waals surface area contributed by atoms with E-state index in [9.17, 15) is 8.42 Å². The lowest BCUT2D eigenvalue weighted by molar-refractivity contribution is 0.445. The van der Waals surface area contributed by atoms with Crippen LogP contribution in [0.15, 0.2) is 0 Å². The summed E-state index contributed by atoms with van der Waals surface area (Å²) in [5, 5.41) is 9.01. The molecule has 0 aromatic rings. The van der Waals surface area contributed by atoms with Crippen molar-refractivity contribution < 1.29 is 8.42 Å². The van der Waals surface area contributed by atoms with Gasteiger partial charge in [0, 0.05) is 0 Å². The van der Waals surface area contributed by atoms with Gasteiger partial charge < -0.3 is 0 Å². The Morgan fingerprint density at radius 2 is 1.93 bits per heavy atom. The fraction of sp³-hybridized carbons (Fsp3) is 0.900. The Morgan fingerprint density at radius 1 is 1.40 bits per heavy atom. The van der Waals surface area contributed by atoms with Gasteiger partial charge in [0.05, 0.1) is 11.8 Å². The van der Waals surface area contributed by atoms with Gasteiger partial charge in [-0.3, -0.25) is 0 Å². The molecule has 0 aliphatic heterocycles. The third-order valence-electron chi connectivity index (χ3n) is 2.92. The summed E-state index contributed by atoms with van der Waals surface area (Å²) in [6.07, 6.45) is 3.01. The fourth-order valence-corrected chi connectivity index (χ4v) is 3.48. The highest BCUT2D eigenvalue weighted by Crippen LogP contribution is 2.30. The Labute approximate surface area is 91.7 Å². The number of sulfonamides is 1. The minimum absolute atomic E-state index is 0.177. The third-order valence-corrected chi connectivity index (χ3v) is 4.54. The first kappa shape index (κ1) is 12.5. The molecule has 0 amide bonds. The maximum Gasteiger partial charge on any atom is 0.213 e. The average Bonchev–Trinajstić information content (AvgIpc) is 2.97. The summed E-state index contributed by atoms with van der Waals surface area (Å²) in [5.74, 6) is 0.490. The van der Waals surface area contributed by atoms with E-state index in [0.717, 1.165) is 12.8 Å². The van der Waals surface area contributed by atoms with E-state index in [1.54, 1.807) is 0 Å². The number of hydrogen-bond donors (Lipinski definition) is 1. The molecular formula is C10H18N2O2S. The van der Waals surface area contributed by atoms with E-state index in [1.807, 2.05) is 13.8 Å². The summed E-state index contributed by atoms with van der Waals surface area (Å²) in [4.78, 5) is 0. The number of nitrogens with one attached hydrogen (secondary N) is 1. The van der Waals surface area contributed by atoms with Gasteiger partial charge in [0.2, 0.25) is 10.0 Å². The van der Waals surface area contributed by atoms with Gasteiger partial charge in [0.1, 0.15) is 5.54 Å². The summed E-state index contributed by atoms with van der Waals surface area (Å²) in [5.41, 5.74) is -0.909. The molecule has 15 heavy (non-hydrogen) atoms. The average molecular weight is 230 g/mol. The van der Waals surface area contributed by atoms with Gasteiger partial charge in [-0.15, -0.1) is 0 Å². The molecule has 1 fully saturated rings. The summed E-state index contributed by atoms with van der Waals surface area (Å²) in [6.45, 7) is 3.65. The first-order chi connectivity index (χ1) is 6.97. The SMILES string of the molecule is CCC(C#N)(CC)NS(=O)(=O)CC1CC1. The van der Waals surface area contributed by atoms with E-state index in [1.165, 1.54) is 0 Å². The molecular weight excluding hydrogens is 212 g/mol. The van der Waals surface area contributed by atoms with Gasteiger partial charge in [-0.2, -0.15) is 9.98 Å². The van der Waals surface area contributed by atoms with Crippen LogP contribution in [0.5, 0.6) is 0 Å². The van der Waals surface area contributed by atoms with E-state index in [-0.39, 0.29) is 5.75 Å². The smallest absolute Gasteiger partial charge is 0.212 e. The van der Waals surface area contributed by atoms with Crippen molar-refractivity contribution in [1.29, 1.82) is 5.26 Å². The summed E-state index contributed by atoms with van der Waals surface area (Å²) in [6, 6.07) is 2.07. The Hall–Kier alpha value is -0.600. The van der Waals surface area contributed by atoms with Gasteiger partial charge >= 0.3 is 0 Å². The van der Waals surface area contributed by atoms with E-state index in [0.29, 0.717) is 18.8 Å². The van der Waals surface area contributed by atoms with E-state index < -0.39 is 15.6 Å². The van der Waals surface area contributed by atoms with Crippen LogP contribution in [-0.2, 0) is 10.0 Å². The standard InChI is InChI=1S/C10H18N2O2S/c1-3-10(4-2,8-11)12-15(13,14)7-9-5-6-9/h9,12H,3-7H2,1-2H3. The van der Waals surface area contributed by atoms with Crippen LogP contribution in [0.25, 0.3) is 0 Å². The first-order valence-corrected chi connectivity index (χ1v) is 7.05. The van der Waals surface area contributed by atoms with Crippen LogP contribution in [0.1, 0.15) is 39.5 Å². The van der Waals surface area contributed by atoms with Crippen molar-refractivity contribution in [2.75, 3.05) is 5.75 Å². The predicted molar refractivity (Wildman–Crippen MR) is 58.6 cm³/mol. The number of rotatable bonds is 6. The molecule has 0 aromatic heterocycles. The van der Waals surface area contributed by atoms with Gasteiger partial charge in [-0.05, 0) is 31.6 Å². The molecule has 0 spiro atoms. The van der Waals surface area contributed by atoms with Crippen LogP contribution < -0.4 is 4.72 Å². The van der Waals surface area contributed by atoms with Crippen LogP contribution in [0.2, 0.25) is 0 Å². The fourth-order valence-electron chi connectivity index (χ4n) is 1.51. The molecule has 1 N–H and O–H groups in total. The second-order valence-electron chi connectivity index (χ2n) is 4.23. The highest BCUT2D eigenvalue weighted by molar-refractivity contribution is 7.89. The summed E-state index contributed by atoms with van der Waals surface area (Å²) < 4.78 is 26.0. The molecule has 1 aliphatic rings. The van der Waals surface area contributed by atoms with E-state index >= 15 is 0 Å². The zero-order valence-corrected chi connectivity index (χ0v) is 10.1. The van der Waals surface area contributed by atoms with Gasteiger partial charge in [0.25, 0.3) is 0 Å². The Kier molecular flexibility index (Phi) is 3.74.